The Bertz CT molecular complexity index is 614. The van der Waals surface area contributed by atoms with Gasteiger partial charge in [0.1, 0.15) is 5.75 Å². The fourth-order valence-corrected chi connectivity index (χ4v) is 2.89. The second-order valence-corrected chi connectivity index (χ2v) is 5.58. The summed E-state index contributed by atoms with van der Waals surface area (Å²) in [6, 6.07) is 8.52. The summed E-state index contributed by atoms with van der Waals surface area (Å²) in [7, 11) is 1.73. The Balaban J connectivity index is 1.83. The standard InChI is InChI=1S/C17H22N4O/c1-13-9-20-14(10-19-13)12-21-8-7-18-11-16(21)15-5-3-4-6-17(15)22-2/h3-6,9-10,16,18H,7-8,11-12H2,1-2H3. The summed E-state index contributed by atoms with van der Waals surface area (Å²) >= 11 is 0. The predicted molar refractivity (Wildman–Crippen MR) is 85.8 cm³/mol. The second-order valence-electron chi connectivity index (χ2n) is 5.58. The molecule has 0 saturated carbocycles. The Morgan fingerprint density at radius 1 is 1.27 bits per heavy atom. The van der Waals surface area contributed by atoms with Gasteiger partial charge in [-0.05, 0) is 13.0 Å². The number of ether oxygens (including phenoxy) is 1. The molecular weight excluding hydrogens is 276 g/mol. The maximum Gasteiger partial charge on any atom is 0.123 e. The highest BCUT2D eigenvalue weighted by Gasteiger charge is 2.26. The van der Waals surface area contributed by atoms with E-state index in [0.717, 1.165) is 43.3 Å². The van der Waals surface area contributed by atoms with E-state index in [4.69, 9.17) is 4.74 Å². The minimum atomic E-state index is 0.285. The van der Waals surface area contributed by atoms with Crippen molar-refractivity contribution in [2.24, 2.45) is 0 Å². The van der Waals surface area contributed by atoms with Crippen molar-refractivity contribution >= 4 is 0 Å². The average molecular weight is 298 g/mol. The van der Waals surface area contributed by atoms with E-state index >= 15 is 0 Å². The predicted octanol–water partition coefficient (Wildman–Crippen LogP) is 1.94. The quantitative estimate of drug-likeness (QED) is 0.935. The van der Waals surface area contributed by atoms with Gasteiger partial charge in [0.2, 0.25) is 0 Å². The number of para-hydroxylation sites is 1. The zero-order valence-electron chi connectivity index (χ0n) is 13.1. The van der Waals surface area contributed by atoms with Crippen LogP contribution in [0.3, 0.4) is 0 Å². The summed E-state index contributed by atoms with van der Waals surface area (Å²) in [5, 5.41) is 3.48. The minimum absolute atomic E-state index is 0.285. The summed E-state index contributed by atoms with van der Waals surface area (Å²) < 4.78 is 5.53. The SMILES string of the molecule is COc1ccccc1C1CNCCN1Cc1cnc(C)cn1. The maximum absolute atomic E-state index is 5.53. The lowest BCUT2D eigenvalue weighted by Crippen LogP contribution is -2.45. The van der Waals surface area contributed by atoms with Gasteiger partial charge in [-0.25, -0.2) is 0 Å². The van der Waals surface area contributed by atoms with E-state index in [1.807, 2.05) is 31.5 Å². The van der Waals surface area contributed by atoms with Crippen LogP contribution in [0.4, 0.5) is 0 Å². The van der Waals surface area contributed by atoms with Crippen molar-refractivity contribution in [2.45, 2.75) is 19.5 Å². The molecule has 5 heteroatoms. The smallest absolute Gasteiger partial charge is 0.123 e. The highest BCUT2D eigenvalue weighted by Crippen LogP contribution is 2.30. The number of aromatic nitrogens is 2. The van der Waals surface area contributed by atoms with Gasteiger partial charge in [-0.3, -0.25) is 14.9 Å². The third kappa shape index (κ3) is 3.26. The van der Waals surface area contributed by atoms with E-state index in [9.17, 15) is 0 Å². The topological polar surface area (TPSA) is 50.3 Å². The molecule has 1 aliphatic heterocycles. The van der Waals surface area contributed by atoms with Crippen LogP contribution in [0.2, 0.25) is 0 Å². The van der Waals surface area contributed by atoms with Gasteiger partial charge in [-0.15, -0.1) is 0 Å². The molecule has 1 fully saturated rings. The lowest BCUT2D eigenvalue weighted by molar-refractivity contribution is 0.149. The van der Waals surface area contributed by atoms with Crippen LogP contribution in [0.15, 0.2) is 36.7 Å². The van der Waals surface area contributed by atoms with Gasteiger partial charge >= 0.3 is 0 Å². The number of nitrogens with zero attached hydrogens (tertiary/aromatic N) is 3. The number of hydrogen-bond acceptors (Lipinski definition) is 5. The number of hydrogen-bond donors (Lipinski definition) is 1. The molecule has 0 radical (unpaired) electrons. The molecule has 0 bridgehead atoms. The summed E-state index contributed by atoms with van der Waals surface area (Å²) in [5.41, 5.74) is 3.18. The number of benzene rings is 1. The summed E-state index contributed by atoms with van der Waals surface area (Å²) in [6.07, 6.45) is 3.70. The second kappa shape index (κ2) is 6.85. The molecule has 1 aromatic heterocycles. The molecular formula is C17H22N4O. The van der Waals surface area contributed by atoms with Crippen molar-refractivity contribution in [1.82, 2.24) is 20.2 Å². The molecule has 1 aromatic carbocycles. The molecule has 1 unspecified atom stereocenters. The third-order valence-electron chi connectivity index (χ3n) is 4.05. The first-order chi connectivity index (χ1) is 10.8. The molecule has 0 amide bonds. The normalized spacial score (nSPS) is 19.1. The fraction of sp³-hybridized carbons (Fsp3) is 0.412. The number of nitrogens with one attached hydrogen (secondary N) is 1. The van der Waals surface area contributed by atoms with Crippen LogP contribution < -0.4 is 10.1 Å². The molecule has 116 valence electrons. The summed E-state index contributed by atoms with van der Waals surface area (Å²) in [4.78, 5) is 11.3. The first-order valence-electron chi connectivity index (χ1n) is 7.63. The molecule has 1 N–H and O–H groups in total. The monoisotopic (exact) mass is 298 g/mol. The molecule has 2 heterocycles. The van der Waals surface area contributed by atoms with Gasteiger partial charge in [0.15, 0.2) is 0 Å². The molecule has 22 heavy (non-hydrogen) atoms. The van der Waals surface area contributed by atoms with Crippen LogP contribution in [-0.2, 0) is 6.54 Å². The van der Waals surface area contributed by atoms with E-state index in [1.54, 1.807) is 7.11 Å². The molecule has 3 rings (SSSR count). The lowest BCUT2D eigenvalue weighted by Gasteiger charge is -2.36. The number of piperazine rings is 1. The van der Waals surface area contributed by atoms with Gasteiger partial charge in [-0.2, -0.15) is 0 Å². The van der Waals surface area contributed by atoms with Crippen LogP contribution in [0.25, 0.3) is 0 Å². The highest BCUT2D eigenvalue weighted by molar-refractivity contribution is 5.36. The molecule has 0 spiro atoms. The first kappa shape index (κ1) is 14.9. The molecule has 1 atom stereocenters. The zero-order chi connectivity index (χ0) is 15.4. The molecule has 1 saturated heterocycles. The van der Waals surface area contributed by atoms with E-state index in [2.05, 4.69) is 32.3 Å². The minimum Gasteiger partial charge on any atom is -0.496 e. The van der Waals surface area contributed by atoms with Crippen molar-refractivity contribution in [3.8, 4) is 5.75 Å². The summed E-state index contributed by atoms with van der Waals surface area (Å²) in [6.45, 7) is 5.65. The van der Waals surface area contributed by atoms with Crippen molar-refractivity contribution in [2.75, 3.05) is 26.7 Å². The molecule has 2 aromatic rings. The van der Waals surface area contributed by atoms with Crippen LogP contribution in [0.5, 0.6) is 5.75 Å². The number of methoxy groups -OCH3 is 1. The van der Waals surface area contributed by atoms with Gasteiger partial charge in [0.05, 0.1) is 24.5 Å². The summed E-state index contributed by atoms with van der Waals surface area (Å²) in [5.74, 6) is 0.941. The lowest BCUT2D eigenvalue weighted by atomic mass is 10.0. The maximum atomic E-state index is 5.53. The highest BCUT2D eigenvalue weighted by atomic mass is 16.5. The van der Waals surface area contributed by atoms with E-state index in [-0.39, 0.29) is 6.04 Å². The van der Waals surface area contributed by atoms with E-state index < -0.39 is 0 Å². The van der Waals surface area contributed by atoms with Gasteiger partial charge in [-0.1, -0.05) is 18.2 Å². The van der Waals surface area contributed by atoms with Crippen molar-refractivity contribution in [3.05, 3.63) is 53.6 Å². The molecule has 1 aliphatic rings. The van der Waals surface area contributed by atoms with Crippen molar-refractivity contribution in [1.29, 1.82) is 0 Å². The Labute approximate surface area is 131 Å². The van der Waals surface area contributed by atoms with Crippen LogP contribution >= 0.6 is 0 Å². The number of aryl methyl sites for hydroxylation is 1. The Hall–Kier alpha value is -1.98. The Morgan fingerprint density at radius 3 is 2.91 bits per heavy atom. The van der Waals surface area contributed by atoms with Crippen molar-refractivity contribution in [3.63, 3.8) is 0 Å². The van der Waals surface area contributed by atoms with Crippen LogP contribution in [0.1, 0.15) is 23.0 Å². The molecule has 5 nitrogen and oxygen atoms in total. The molecule has 0 aliphatic carbocycles. The Morgan fingerprint density at radius 2 is 2.14 bits per heavy atom. The third-order valence-corrected chi connectivity index (χ3v) is 4.05. The van der Waals surface area contributed by atoms with Crippen LogP contribution in [0, 0.1) is 6.92 Å². The van der Waals surface area contributed by atoms with Gasteiger partial charge < -0.3 is 10.1 Å². The first-order valence-corrected chi connectivity index (χ1v) is 7.63. The van der Waals surface area contributed by atoms with E-state index in [1.165, 1.54) is 5.56 Å². The zero-order valence-corrected chi connectivity index (χ0v) is 13.1. The van der Waals surface area contributed by atoms with Crippen LogP contribution in [-0.4, -0.2) is 41.6 Å². The Kier molecular flexibility index (Phi) is 4.65. The van der Waals surface area contributed by atoms with Gasteiger partial charge in [0.25, 0.3) is 0 Å². The fourth-order valence-electron chi connectivity index (χ4n) is 2.89. The van der Waals surface area contributed by atoms with Crippen molar-refractivity contribution < 1.29 is 4.74 Å². The largest absolute Gasteiger partial charge is 0.496 e. The van der Waals surface area contributed by atoms with Gasteiger partial charge in [0, 0.05) is 44.1 Å². The average Bonchev–Trinajstić information content (AvgIpc) is 2.57. The van der Waals surface area contributed by atoms with E-state index in [0.29, 0.717) is 0 Å². The number of rotatable bonds is 4.